The van der Waals surface area contributed by atoms with E-state index in [1.165, 1.54) is 13.8 Å². The average Bonchev–Trinajstić information content (AvgIpc) is 2.37. The van der Waals surface area contributed by atoms with Crippen LogP contribution in [0.25, 0.3) is 0 Å². The SMILES string of the molecule is CN(C(C)(C)C(=O)O)S(=O)(=O)c1ccc(O)c([N+](=O)[O-])c1. The van der Waals surface area contributed by atoms with E-state index in [1.54, 1.807) is 0 Å². The molecule has 0 heterocycles. The van der Waals surface area contributed by atoms with Crippen LogP contribution in [0.4, 0.5) is 5.69 Å². The molecule has 0 bridgehead atoms. The number of sulfonamides is 1. The van der Waals surface area contributed by atoms with E-state index in [4.69, 9.17) is 5.11 Å². The molecule has 0 aliphatic rings. The van der Waals surface area contributed by atoms with Crippen molar-refractivity contribution in [1.29, 1.82) is 0 Å². The Labute approximate surface area is 120 Å². The van der Waals surface area contributed by atoms with Crippen LogP contribution in [0, 0.1) is 10.1 Å². The Hall–Kier alpha value is -2.20. The number of carboxylic acids is 1. The van der Waals surface area contributed by atoms with E-state index in [0.29, 0.717) is 10.4 Å². The molecule has 0 saturated heterocycles. The van der Waals surface area contributed by atoms with Crippen LogP contribution >= 0.6 is 0 Å². The van der Waals surface area contributed by atoms with Crippen LogP contribution in [0.2, 0.25) is 0 Å². The van der Waals surface area contributed by atoms with Crippen molar-refractivity contribution in [2.24, 2.45) is 0 Å². The number of nitrogens with zero attached hydrogens (tertiary/aromatic N) is 2. The lowest BCUT2D eigenvalue weighted by Gasteiger charge is -2.30. The van der Waals surface area contributed by atoms with Gasteiger partial charge in [0.1, 0.15) is 5.54 Å². The highest BCUT2D eigenvalue weighted by molar-refractivity contribution is 7.89. The quantitative estimate of drug-likeness (QED) is 0.604. The Morgan fingerprint density at radius 2 is 1.90 bits per heavy atom. The molecule has 0 radical (unpaired) electrons. The second kappa shape index (κ2) is 5.30. The normalized spacial score (nSPS) is 12.4. The van der Waals surface area contributed by atoms with Gasteiger partial charge >= 0.3 is 11.7 Å². The Kier molecular flexibility index (Phi) is 4.25. The lowest BCUT2D eigenvalue weighted by Crippen LogP contribution is -2.50. The van der Waals surface area contributed by atoms with Gasteiger partial charge in [-0.2, -0.15) is 4.31 Å². The van der Waals surface area contributed by atoms with E-state index >= 15 is 0 Å². The molecule has 0 spiro atoms. The molecule has 0 unspecified atom stereocenters. The molecule has 21 heavy (non-hydrogen) atoms. The summed E-state index contributed by atoms with van der Waals surface area (Å²) in [5.74, 6) is -2.05. The van der Waals surface area contributed by atoms with Gasteiger partial charge in [0, 0.05) is 13.1 Å². The Morgan fingerprint density at radius 3 is 2.33 bits per heavy atom. The van der Waals surface area contributed by atoms with Gasteiger partial charge in [0.15, 0.2) is 5.75 Å². The molecule has 116 valence electrons. The number of nitro groups is 1. The number of likely N-dealkylation sites (N-methyl/N-ethyl adjacent to an activating group) is 1. The Balaban J connectivity index is 3.42. The maximum Gasteiger partial charge on any atom is 0.324 e. The molecule has 0 aliphatic carbocycles. The molecule has 10 heteroatoms. The van der Waals surface area contributed by atoms with Crippen molar-refractivity contribution >= 4 is 21.7 Å². The Morgan fingerprint density at radius 1 is 1.38 bits per heavy atom. The van der Waals surface area contributed by atoms with Gasteiger partial charge in [0.25, 0.3) is 0 Å². The summed E-state index contributed by atoms with van der Waals surface area (Å²) in [6, 6.07) is 2.51. The molecular formula is C11H14N2O7S. The largest absolute Gasteiger partial charge is 0.502 e. The number of benzene rings is 1. The number of carbonyl (C=O) groups is 1. The van der Waals surface area contributed by atoms with Gasteiger partial charge in [-0.15, -0.1) is 0 Å². The van der Waals surface area contributed by atoms with Crippen LogP contribution in [0.15, 0.2) is 23.1 Å². The molecule has 0 amide bonds. The van der Waals surface area contributed by atoms with Gasteiger partial charge in [0.2, 0.25) is 10.0 Å². The van der Waals surface area contributed by atoms with E-state index < -0.39 is 42.8 Å². The summed E-state index contributed by atoms with van der Waals surface area (Å²) in [5, 5.41) is 29.1. The van der Waals surface area contributed by atoms with Crippen LogP contribution in [-0.4, -0.2) is 46.4 Å². The molecule has 0 saturated carbocycles. The van der Waals surface area contributed by atoms with Crippen molar-refractivity contribution in [1.82, 2.24) is 4.31 Å². The summed E-state index contributed by atoms with van der Waals surface area (Å²) in [5.41, 5.74) is -2.52. The van der Waals surface area contributed by atoms with Gasteiger partial charge in [-0.1, -0.05) is 0 Å². The first kappa shape index (κ1) is 16.9. The van der Waals surface area contributed by atoms with Crippen molar-refractivity contribution in [3.8, 4) is 5.75 Å². The first-order valence-corrected chi connectivity index (χ1v) is 7.06. The predicted molar refractivity (Wildman–Crippen MR) is 71.4 cm³/mol. The number of aromatic hydroxyl groups is 1. The fourth-order valence-electron chi connectivity index (χ4n) is 1.40. The van der Waals surface area contributed by atoms with E-state index in [-0.39, 0.29) is 0 Å². The fraction of sp³-hybridized carbons (Fsp3) is 0.364. The minimum absolute atomic E-state index is 0.483. The standard InChI is InChI=1S/C11H14N2O7S/c1-11(2,10(15)16)12(3)21(19,20)7-4-5-9(14)8(6-7)13(17)18/h4-6,14H,1-3H3,(H,15,16). The van der Waals surface area contributed by atoms with Crippen molar-refractivity contribution in [3.05, 3.63) is 28.3 Å². The summed E-state index contributed by atoms with van der Waals surface area (Å²) < 4.78 is 25.3. The number of carboxylic acid groups (broad SMARTS) is 1. The van der Waals surface area contributed by atoms with Crippen molar-refractivity contribution in [2.45, 2.75) is 24.3 Å². The van der Waals surface area contributed by atoms with Crippen LogP contribution < -0.4 is 0 Å². The lowest BCUT2D eigenvalue weighted by molar-refractivity contribution is -0.386. The zero-order valence-electron chi connectivity index (χ0n) is 11.5. The highest BCUT2D eigenvalue weighted by Gasteiger charge is 2.40. The van der Waals surface area contributed by atoms with Gasteiger partial charge in [-0.05, 0) is 26.0 Å². The first-order chi connectivity index (χ1) is 9.42. The molecule has 0 aliphatic heterocycles. The number of phenols is 1. The third-order valence-corrected chi connectivity index (χ3v) is 5.14. The fourth-order valence-corrected chi connectivity index (χ4v) is 2.90. The van der Waals surface area contributed by atoms with E-state index in [2.05, 4.69) is 0 Å². The van der Waals surface area contributed by atoms with E-state index in [9.17, 15) is 28.4 Å². The summed E-state index contributed by atoms with van der Waals surface area (Å²) in [4.78, 5) is 20.4. The smallest absolute Gasteiger partial charge is 0.324 e. The molecule has 0 atom stereocenters. The van der Waals surface area contributed by atoms with E-state index in [0.717, 1.165) is 19.2 Å². The summed E-state index contributed by atoms with van der Waals surface area (Å²) >= 11 is 0. The van der Waals surface area contributed by atoms with Gasteiger partial charge in [-0.3, -0.25) is 14.9 Å². The zero-order chi connectivity index (χ0) is 16.6. The maximum atomic E-state index is 12.3. The van der Waals surface area contributed by atoms with Crippen molar-refractivity contribution < 1.29 is 28.3 Å². The van der Waals surface area contributed by atoms with Crippen LogP contribution in [0.3, 0.4) is 0 Å². The van der Waals surface area contributed by atoms with Gasteiger partial charge in [-0.25, -0.2) is 8.42 Å². The van der Waals surface area contributed by atoms with Gasteiger partial charge < -0.3 is 10.2 Å². The summed E-state index contributed by atoms with van der Waals surface area (Å²) in [6.07, 6.45) is 0. The van der Waals surface area contributed by atoms with Crippen LogP contribution in [-0.2, 0) is 14.8 Å². The third-order valence-electron chi connectivity index (χ3n) is 3.11. The summed E-state index contributed by atoms with van der Waals surface area (Å²) in [7, 11) is -3.22. The predicted octanol–water partition coefficient (Wildman–Crippen LogP) is 0.784. The number of nitro benzene ring substituents is 1. The van der Waals surface area contributed by atoms with E-state index in [1.807, 2.05) is 0 Å². The molecular weight excluding hydrogens is 304 g/mol. The minimum atomic E-state index is -4.28. The summed E-state index contributed by atoms with van der Waals surface area (Å²) in [6.45, 7) is 2.36. The number of hydrogen-bond acceptors (Lipinski definition) is 6. The monoisotopic (exact) mass is 318 g/mol. The number of hydrogen-bond donors (Lipinski definition) is 2. The minimum Gasteiger partial charge on any atom is -0.502 e. The topological polar surface area (TPSA) is 138 Å². The molecule has 1 rings (SSSR count). The van der Waals surface area contributed by atoms with Crippen LogP contribution in [0.5, 0.6) is 5.75 Å². The average molecular weight is 318 g/mol. The molecule has 1 aromatic carbocycles. The first-order valence-electron chi connectivity index (χ1n) is 5.62. The van der Waals surface area contributed by atoms with Crippen molar-refractivity contribution in [2.75, 3.05) is 7.05 Å². The highest BCUT2D eigenvalue weighted by Crippen LogP contribution is 2.31. The molecule has 0 aromatic heterocycles. The second-order valence-electron chi connectivity index (χ2n) is 4.74. The molecule has 9 nitrogen and oxygen atoms in total. The maximum absolute atomic E-state index is 12.3. The molecule has 1 aromatic rings. The van der Waals surface area contributed by atoms with Crippen molar-refractivity contribution in [3.63, 3.8) is 0 Å². The van der Waals surface area contributed by atoms with Gasteiger partial charge in [0.05, 0.1) is 9.82 Å². The number of rotatable bonds is 5. The lowest BCUT2D eigenvalue weighted by atomic mass is 10.1. The number of phenolic OH excluding ortho intramolecular Hbond substituents is 1. The highest BCUT2D eigenvalue weighted by atomic mass is 32.2. The zero-order valence-corrected chi connectivity index (χ0v) is 12.3. The number of aliphatic carboxylic acids is 1. The second-order valence-corrected chi connectivity index (χ2v) is 6.71. The molecule has 0 fully saturated rings. The Bertz CT molecular complexity index is 697. The molecule has 2 N–H and O–H groups in total. The van der Waals surface area contributed by atoms with Crippen LogP contribution in [0.1, 0.15) is 13.8 Å². The third kappa shape index (κ3) is 2.95.